The molecule has 5 heteroatoms. The summed E-state index contributed by atoms with van der Waals surface area (Å²) < 4.78 is 0. The number of likely N-dealkylation sites (tertiary alicyclic amines) is 1. The third kappa shape index (κ3) is 3.76. The summed E-state index contributed by atoms with van der Waals surface area (Å²) in [7, 11) is 0. The number of hydrogen-bond donors (Lipinski definition) is 0. The second-order valence-electron chi connectivity index (χ2n) is 6.47. The standard InChI is InChI=1S/C20H21N3OS/c24-20(23-12-3-4-13-23)16-10-11-21-18(14-16)22-19-9-5-7-15-6-1-2-8-17(15)25-19/h1-2,6,8,10-11,14H,3-5,7,9,12-13H2. The zero-order valence-corrected chi connectivity index (χ0v) is 15.0. The van der Waals surface area contributed by atoms with Crippen LogP contribution in [0.1, 0.15) is 41.6 Å². The molecule has 4 nitrogen and oxygen atoms in total. The molecule has 1 aromatic heterocycles. The van der Waals surface area contributed by atoms with Crippen molar-refractivity contribution in [2.24, 2.45) is 4.99 Å². The summed E-state index contributed by atoms with van der Waals surface area (Å²) in [6.45, 7) is 1.72. The minimum Gasteiger partial charge on any atom is -0.339 e. The van der Waals surface area contributed by atoms with Gasteiger partial charge in [0.1, 0.15) is 0 Å². The number of pyridine rings is 1. The average Bonchev–Trinajstić information content (AvgIpc) is 3.10. The van der Waals surface area contributed by atoms with Gasteiger partial charge in [0.2, 0.25) is 0 Å². The quantitative estimate of drug-likeness (QED) is 0.801. The van der Waals surface area contributed by atoms with Crippen LogP contribution < -0.4 is 0 Å². The van der Waals surface area contributed by atoms with E-state index in [1.807, 2.05) is 11.0 Å². The van der Waals surface area contributed by atoms with Crippen molar-refractivity contribution < 1.29 is 4.79 Å². The smallest absolute Gasteiger partial charge is 0.254 e. The summed E-state index contributed by atoms with van der Waals surface area (Å²) in [5, 5.41) is 1.07. The van der Waals surface area contributed by atoms with E-state index in [0.29, 0.717) is 11.4 Å². The Bertz CT molecular complexity index is 812. The monoisotopic (exact) mass is 351 g/mol. The topological polar surface area (TPSA) is 45.6 Å². The lowest BCUT2D eigenvalue weighted by Gasteiger charge is -2.15. The predicted octanol–water partition coefficient (Wildman–Crippen LogP) is 4.48. The SMILES string of the molecule is O=C(c1ccnc(N=C2CCCc3ccccc3S2)c1)N1CCCC1. The molecule has 4 rings (SSSR count). The lowest BCUT2D eigenvalue weighted by atomic mass is 10.1. The highest BCUT2D eigenvalue weighted by Crippen LogP contribution is 2.32. The zero-order valence-electron chi connectivity index (χ0n) is 14.1. The number of hydrogen-bond acceptors (Lipinski definition) is 4. The molecule has 0 spiro atoms. The molecule has 1 aromatic carbocycles. The highest BCUT2D eigenvalue weighted by Gasteiger charge is 2.20. The van der Waals surface area contributed by atoms with Crippen molar-refractivity contribution in [3.05, 3.63) is 53.7 Å². The normalized spacial score (nSPS) is 18.9. The number of rotatable bonds is 2. The average molecular weight is 351 g/mol. The molecule has 2 aliphatic rings. The first-order chi connectivity index (χ1) is 12.3. The second-order valence-corrected chi connectivity index (χ2v) is 7.59. The maximum atomic E-state index is 12.6. The number of aryl methyl sites for hydroxylation is 1. The zero-order chi connectivity index (χ0) is 17.1. The van der Waals surface area contributed by atoms with Gasteiger partial charge in [0.15, 0.2) is 5.82 Å². The lowest BCUT2D eigenvalue weighted by Crippen LogP contribution is -2.27. The van der Waals surface area contributed by atoms with Crippen molar-refractivity contribution in [2.45, 2.75) is 37.0 Å². The summed E-state index contributed by atoms with van der Waals surface area (Å²) in [4.78, 5) is 24.9. The van der Waals surface area contributed by atoms with E-state index in [4.69, 9.17) is 4.99 Å². The molecule has 0 saturated carbocycles. The molecular formula is C20H21N3OS. The van der Waals surface area contributed by atoms with E-state index in [1.54, 1.807) is 24.0 Å². The number of carbonyl (C=O) groups is 1. The van der Waals surface area contributed by atoms with E-state index in [1.165, 1.54) is 10.5 Å². The highest BCUT2D eigenvalue weighted by molar-refractivity contribution is 8.14. The molecule has 1 amide bonds. The molecule has 128 valence electrons. The Labute approximate surface area is 152 Å². The summed E-state index contributed by atoms with van der Waals surface area (Å²) >= 11 is 1.73. The van der Waals surface area contributed by atoms with Gasteiger partial charge in [0.25, 0.3) is 5.91 Å². The fraction of sp³-hybridized carbons (Fsp3) is 0.350. The number of amides is 1. The first-order valence-corrected chi connectivity index (χ1v) is 9.70. The molecule has 25 heavy (non-hydrogen) atoms. The molecule has 0 radical (unpaired) electrons. The maximum Gasteiger partial charge on any atom is 0.254 e. The molecule has 1 saturated heterocycles. The van der Waals surface area contributed by atoms with Gasteiger partial charge < -0.3 is 4.90 Å². The van der Waals surface area contributed by atoms with Gasteiger partial charge in [-0.1, -0.05) is 30.0 Å². The number of nitrogens with zero attached hydrogens (tertiary/aromatic N) is 3. The molecule has 0 bridgehead atoms. The number of thioether (sulfide) groups is 1. The van der Waals surface area contributed by atoms with Gasteiger partial charge >= 0.3 is 0 Å². The van der Waals surface area contributed by atoms with Crippen molar-refractivity contribution in [1.29, 1.82) is 0 Å². The van der Waals surface area contributed by atoms with E-state index in [-0.39, 0.29) is 5.91 Å². The molecule has 2 aliphatic heterocycles. The molecule has 0 aliphatic carbocycles. The van der Waals surface area contributed by atoms with Crippen LogP contribution in [0.15, 0.2) is 52.5 Å². The first kappa shape index (κ1) is 16.3. The Morgan fingerprint density at radius 3 is 2.80 bits per heavy atom. The van der Waals surface area contributed by atoms with Crippen LogP contribution in [-0.2, 0) is 6.42 Å². The highest BCUT2D eigenvalue weighted by atomic mass is 32.2. The third-order valence-corrected chi connectivity index (χ3v) is 5.81. The Balaban J connectivity index is 1.57. The largest absolute Gasteiger partial charge is 0.339 e. The van der Waals surface area contributed by atoms with Crippen LogP contribution in [0.25, 0.3) is 0 Å². The van der Waals surface area contributed by atoms with Crippen LogP contribution in [-0.4, -0.2) is 33.9 Å². The Kier molecular flexibility index (Phi) is 4.83. The molecule has 1 fully saturated rings. The predicted molar refractivity (Wildman–Crippen MR) is 102 cm³/mol. The van der Waals surface area contributed by atoms with Gasteiger partial charge in [-0.15, -0.1) is 0 Å². The van der Waals surface area contributed by atoms with Gasteiger partial charge in [0.05, 0.1) is 5.04 Å². The van der Waals surface area contributed by atoms with Crippen LogP contribution in [0.3, 0.4) is 0 Å². The molecule has 2 aromatic rings. The number of fused-ring (bicyclic) bond motifs is 1. The fourth-order valence-electron chi connectivity index (χ4n) is 3.34. The van der Waals surface area contributed by atoms with Crippen molar-refractivity contribution >= 4 is 28.5 Å². The summed E-state index contributed by atoms with van der Waals surface area (Å²) in [5.74, 6) is 0.729. The van der Waals surface area contributed by atoms with Gasteiger partial charge in [0, 0.05) is 29.7 Å². The molecule has 3 heterocycles. The number of carbonyl (C=O) groups excluding carboxylic acids is 1. The van der Waals surface area contributed by atoms with E-state index < -0.39 is 0 Å². The van der Waals surface area contributed by atoms with Crippen LogP contribution in [0.2, 0.25) is 0 Å². The van der Waals surface area contributed by atoms with E-state index in [0.717, 1.165) is 50.2 Å². The first-order valence-electron chi connectivity index (χ1n) is 8.88. The number of aliphatic imine (C=N–C) groups is 1. The van der Waals surface area contributed by atoms with Gasteiger partial charge in [-0.25, -0.2) is 9.98 Å². The van der Waals surface area contributed by atoms with Gasteiger partial charge in [-0.2, -0.15) is 0 Å². The maximum absolute atomic E-state index is 12.6. The van der Waals surface area contributed by atoms with Crippen LogP contribution >= 0.6 is 11.8 Å². The second kappa shape index (κ2) is 7.40. The van der Waals surface area contributed by atoms with Crippen LogP contribution in [0, 0.1) is 0 Å². The minimum atomic E-state index is 0.0974. The van der Waals surface area contributed by atoms with Gasteiger partial charge in [-0.05, 0) is 55.9 Å². The Morgan fingerprint density at radius 1 is 1.08 bits per heavy atom. The van der Waals surface area contributed by atoms with Crippen molar-refractivity contribution in [1.82, 2.24) is 9.88 Å². The van der Waals surface area contributed by atoms with Gasteiger partial charge in [-0.3, -0.25) is 4.79 Å². The summed E-state index contributed by atoms with van der Waals surface area (Å²) in [5.41, 5.74) is 2.08. The Hall–Kier alpha value is -2.14. The summed E-state index contributed by atoms with van der Waals surface area (Å²) in [6.07, 6.45) is 7.02. The van der Waals surface area contributed by atoms with E-state index in [9.17, 15) is 4.79 Å². The third-order valence-electron chi connectivity index (χ3n) is 4.66. The number of benzene rings is 1. The summed E-state index contributed by atoms with van der Waals surface area (Å²) in [6, 6.07) is 12.1. The van der Waals surface area contributed by atoms with Crippen LogP contribution in [0.5, 0.6) is 0 Å². The molecule has 0 N–H and O–H groups in total. The minimum absolute atomic E-state index is 0.0974. The molecule has 0 unspecified atom stereocenters. The van der Waals surface area contributed by atoms with E-state index in [2.05, 4.69) is 29.2 Å². The lowest BCUT2D eigenvalue weighted by molar-refractivity contribution is 0.0792. The fourth-order valence-corrected chi connectivity index (χ4v) is 4.43. The van der Waals surface area contributed by atoms with Crippen molar-refractivity contribution in [3.63, 3.8) is 0 Å². The molecule has 0 atom stereocenters. The van der Waals surface area contributed by atoms with Crippen LogP contribution in [0.4, 0.5) is 5.82 Å². The van der Waals surface area contributed by atoms with Crippen molar-refractivity contribution in [2.75, 3.05) is 13.1 Å². The molecular weight excluding hydrogens is 330 g/mol. The Morgan fingerprint density at radius 2 is 1.92 bits per heavy atom. The van der Waals surface area contributed by atoms with Crippen molar-refractivity contribution in [3.8, 4) is 0 Å². The number of aromatic nitrogens is 1. The van der Waals surface area contributed by atoms with E-state index >= 15 is 0 Å².